The van der Waals surface area contributed by atoms with E-state index in [9.17, 15) is 22.4 Å². The molecule has 0 spiro atoms. The molecule has 3 nitrogen and oxygen atoms in total. The van der Waals surface area contributed by atoms with Gasteiger partial charge in [-0.2, -0.15) is 13.2 Å². The molecular weight excluding hydrogens is 300 g/mol. The van der Waals surface area contributed by atoms with Crippen LogP contribution in [0.5, 0.6) is 0 Å². The molecule has 1 aliphatic rings. The van der Waals surface area contributed by atoms with Gasteiger partial charge in [0, 0.05) is 19.3 Å². The standard InChI is InChI=1S/C13H14F4N2O.C2H6/c1-8-3-6-19(7-4-8)12(20)9-2-5-18-11(10(9)14)13(15,16)17;1-2/h2,5,8H,3-4,6-7H2,1H3;1-2H3. The van der Waals surface area contributed by atoms with Crippen molar-refractivity contribution in [2.45, 2.75) is 39.8 Å². The van der Waals surface area contributed by atoms with Gasteiger partial charge in [0.25, 0.3) is 5.91 Å². The molecule has 2 heterocycles. The Hall–Kier alpha value is -1.66. The number of halogens is 4. The Kier molecular flexibility index (Phi) is 6.32. The predicted octanol–water partition coefficient (Wildman–Crippen LogP) is 4.14. The number of amides is 1. The van der Waals surface area contributed by atoms with Crippen molar-refractivity contribution in [2.75, 3.05) is 13.1 Å². The maximum atomic E-state index is 13.8. The fourth-order valence-electron chi connectivity index (χ4n) is 2.19. The van der Waals surface area contributed by atoms with Gasteiger partial charge >= 0.3 is 6.18 Å². The van der Waals surface area contributed by atoms with E-state index < -0.39 is 29.2 Å². The molecule has 1 fully saturated rings. The highest BCUT2D eigenvalue weighted by molar-refractivity contribution is 5.94. The van der Waals surface area contributed by atoms with Crippen molar-refractivity contribution in [3.05, 3.63) is 29.3 Å². The van der Waals surface area contributed by atoms with Crippen molar-refractivity contribution in [3.63, 3.8) is 0 Å². The highest BCUT2D eigenvalue weighted by Crippen LogP contribution is 2.31. The number of carbonyl (C=O) groups excluding carboxylic acids is 1. The van der Waals surface area contributed by atoms with Gasteiger partial charge in [0.1, 0.15) is 0 Å². The molecular formula is C15H20F4N2O. The molecule has 22 heavy (non-hydrogen) atoms. The summed E-state index contributed by atoms with van der Waals surface area (Å²) >= 11 is 0. The summed E-state index contributed by atoms with van der Waals surface area (Å²) in [6.45, 7) is 6.91. The second-order valence-electron chi connectivity index (χ2n) is 4.99. The van der Waals surface area contributed by atoms with Crippen LogP contribution in [0.2, 0.25) is 0 Å². The smallest absolute Gasteiger partial charge is 0.339 e. The average Bonchev–Trinajstić information content (AvgIpc) is 2.48. The molecule has 0 N–H and O–H groups in total. The first-order valence-electron chi connectivity index (χ1n) is 7.31. The van der Waals surface area contributed by atoms with Gasteiger partial charge in [-0.3, -0.25) is 4.79 Å². The Balaban J connectivity index is 0.00000116. The molecule has 0 radical (unpaired) electrons. The molecule has 0 saturated carbocycles. The molecule has 1 saturated heterocycles. The summed E-state index contributed by atoms with van der Waals surface area (Å²) in [6.07, 6.45) is -2.56. The number of nitrogens with zero attached hydrogens (tertiary/aromatic N) is 2. The Morgan fingerprint density at radius 2 is 1.82 bits per heavy atom. The normalized spacial score (nSPS) is 16.0. The van der Waals surface area contributed by atoms with E-state index in [1.165, 1.54) is 4.90 Å². The van der Waals surface area contributed by atoms with Crippen LogP contribution in [0.15, 0.2) is 12.3 Å². The van der Waals surface area contributed by atoms with Crippen LogP contribution in [-0.4, -0.2) is 28.9 Å². The zero-order valence-corrected chi connectivity index (χ0v) is 12.9. The molecule has 0 bridgehead atoms. The number of aromatic nitrogens is 1. The van der Waals surface area contributed by atoms with Gasteiger partial charge in [-0.15, -0.1) is 0 Å². The van der Waals surface area contributed by atoms with Crippen LogP contribution in [0.1, 0.15) is 49.7 Å². The van der Waals surface area contributed by atoms with Gasteiger partial charge in [-0.1, -0.05) is 20.8 Å². The number of alkyl halides is 3. The van der Waals surface area contributed by atoms with E-state index >= 15 is 0 Å². The van der Waals surface area contributed by atoms with E-state index in [1.807, 2.05) is 20.8 Å². The predicted molar refractivity (Wildman–Crippen MR) is 74.8 cm³/mol. The third-order valence-corrected chi connectivity index (χ3v) is 3.46. The fraction of sp³-hybridized carbons (Fsp3) is 0.600. The molecule has 1 aliphatic heterocycles. The van der Waals surface area contributed by atoms with Crippen molar-refractivity contribution < 1.29 is 22.4 Å². The molecule has 1 aromatic rings. The lowest BCUT2D eigenvalue weighted by Crippen LogP contribution is -2.38. The van der Waals surface area contributed by atoms with E-state index in [0.29, 0.717) is 19.0 Å². The number of rotatable bonds is 1. The summed E-state index contributed by atoms with van der Waals surface area (Å²) in [5.41, 5.74) is -2.21. The Bertz CT molecular complexity index is 509. The van der Waals surface area contributed by atoms with Gasteiger partial charge in [-0.25, -0.2) is 9.37 Å². The summed E-state index contributed by atoms with van der Waals surface area (Å²) < 4.78 is 51.5. The molecule has 7 heteroatoms. The number of carbonyl (C=O) groups is 1. The highest BCUT2D eigenvalue weighted by atomic mass is 19.4. The molecule has 1 amide bonds. The van der Waals surface area contributed by atoms with Crippen molar-refractivity contribution in [3.8, 4) is 0 Å². The third-order valence-electron chi connectivity index (χ3n) is 3.46. The minimum atomic E-state index is -4.91. The lowest BCUT2D eigenvalue weighted by molar-refractivity contribution is -0.143. The van der Waals surface area contributed by atoms with Gasteiger partial charge in [-0.05, 0) is 24.8 Å². The van der Waals surface area contributed by atoms with E-state index in [-0.39, 0.29) is 0 Å². The summed E-state index contributed by atoms with van der Waals surface area (Å²) in [5.74, 6) is -1.84. The highest BCUT2D eigenvalue weighted by Gasteiger charge is 2.38. The molecule has 1 aromatic heterocycles. The second-order valence-corrected chi connectivity index (χ2v) is 4.99. The topological polar surface area (TPSA) is 33.2 Å². The lowest BCUT2D eigenvalue weighted by atomic mass is 9.98. The number of hydrogen-bond acceptors (Lipinski definition) is 2. The minimum Gasteiger partial charge on any atom is -0.339 e. The second kappa shape index (κ2) is 7.56. The van der Waals surface area contributed by atoms with E-state index in [4.69, 9.17) is 0 Å². The Labute approximate surface area is 127 Å². The van der Waals surface area contributed by atoms with Crippen molar-refractivity contribution in [2.24, 2.45) is 5.92 Å². The SMILES string of the molecule is CC.CC1CCN(C(=O)c2ccnc(C(F)(F)F)c2F)CC1. The average molecular weight is 320 g/mol. The van der Waals surface area contributed by atoms with Crippen molar-refractivity contribution in [1.82, 2.24) is 9.88 Å². The van der Waals surface area contributed by atoms with Crippen molar-refractivity contribution in [1.29, 1.82) is 0 Å². The van der Waals surface area contributed by atoms with Crippen LogP contribution >= 0.6 is 0 Å². The summed E-state index contributed by atoms with van der Waals surface area (Å²) in [6, 6.07) is 0.991. The first-order valence-corrected chi connectivity index (χ1v) is 7.31. The Morgan fingerprint density at radius 3 is 2.32 bits per heavy atom. The number of hydrogen-bond donors (Lipinski definition) is 0. The van der Waals surface area contributed by atoms with Crippen LogP contribution in [-0.2, 0) is 6.18 Å². The summed E-state index contributed by atoms with van der Waals surface area (Å²) in [7, 11) is 0. The fourth-order valence-corrected chi connectivity index (χ4v) is 2.19. The molecule has 0 unspecified atom stereocenters. The van der Waals surface area contributed by atoms with Crippen LogP contribution in [0, 0.1) is 11.7 Å². The van der Waals surface area contributed by atoms with Crippen molar-refractivity contribution >= 4 is 5.91 Å². The van der Waals surface area contributed by atoms with Gasteiger partial charge in [0.05, 0.1) is 5.56 Å². The maximum Gasteiger partial charge on any atom is 0.436 e. The monoisotopic (exact) mass is 320 g/mol. The molecule has 0 atom stereocenters. The number of piperidine rings is 1. The molecule has 0 aromatic carbocycles. The summed E-state index contributed by atoms with van der Waals surface area (Å²) in [4.78, 5) is 16.5. The van der Waals surface area contributed by atoms with Crippen LogP contribution in [0.4, 0.5) is 17.6 Å². The third kappa shape index (κ3) is 4.18. The largest absolute Gasteiger partial charge is 0.436 e. The molecule has 2 rings (SSSR count). The van der Waals surface area contributed by atoms with Crippen LogP contribution in [0.25, 0.3) is 0 Å². The van der Waals surface area contributed by atoms with E-state index in [2.05, 4.69) is 4.98 Å². The quantitative estimate of drug-likeness (QED) is 0.729. The maximum absolute atomic E-state index is 13.8. The van der Waals surface area contributed by atoms with Crippen LogP contribution < -0.4 is 0 Å². The van der Waals surface area contributed by atoms with E-state index in [0.717, 1.165) is 25.1 Å². The van der Waals surface area contributed by atoms with Gasteiger partial charge in [0.15, 0.2) is 11.5 Å². The zero-order valence-electron chi connectivity index (χ0n) is 12.9. The first kappa shape index (κ1) is 18.4. The van der Waals surface area contributed by atoms with E-state index in [1.54, 1.807) is 0 Å². The van der Waals surface area contributed by atoms with Gasteiger partial charge < -0.3 is 4.90 Å². The van der Waals surface area contributed by atoms with Crippen LogP contribution in [0.3, 0.4) is 0 Å². The first-order chi connectivity index (χ1) is 10.3. The molecule has 124 valence electrons. The Morgan fingerprint density at radius 1 is 1.27 bits per heavy atom. The minimum absolute atomic E-state index is 0.434. The zero-order chi connectivity index (χ0) is 16.9. The summed E-state index contributed by atoms with van der Waals surface area (Å²) in [5, 5.41) is 0. The number of pyridine rings is 1. The lowest BCUT2D eigenvalue weighted by Gasteiger charge is -2.30. The molecule has 0 aliphatic carbocycles. The number of likely N-dealkylation sites (tertiary alicyclic amines) is 1. The van der Waals surface area contributed by atoms with Gasteiger partial charge in [0.2, 0.25) is 0 Å².